The number of nitrogens with zero attached hydrogens (tertiary/aromatic N) is 1. The molecule has 1 aliphatic heterocycles. The van der Waals surface area contributed by atoms with Gasteiger partial charge in [0, 0.05) is 19.5 Å². The van der Waals surface area contributed by atoms with Crippen LogP contribution >= 0.6 is 0 Å². The van der Waals surface area contributed by atoms with Gasteiger partial charge in [0.05, 0.1) is 0 Å². The van der Waals surface area contributed by atoms with Gasteiger partial charge in [0.25, 0.3) is 0 Å². The van der Waals surface area contributed by atoms with E-state index in [1.54, 1.807) is 0 Å². The van der Waals surface area contributed by atoms with Gasteiger partial charge in [0.15, 0.2) is 0 Å². The topological polar surface area (TPSA) is 57.6 Å². The smallest absolute Gasteiger partial charge is 0.321 e. The van der Waals surface area contributed by atoms with Crippen LogP contribution in [0.5, 0.6) is 0 Å². The molecule has 1 saturated heterocycles. The molecule has 16 heavy (non-hydrogen) atoms. The first-order valence-corrected chi connectivity index (χ1v) is 6.13. The second-order valence-electron chi connectivity index (χ2n) is 5.01. The third kappa shape index (κ3) is 2.26. The van der Waals surface area contributed by atoms with Crippen molar-refractivity contribution >= 4 is 12.3 Å². The highest BCUT2D eigenvalue weighted by molar-refractivity contribution is 5.77. The number of carboxylic acids is 1. The van der Waals surface area contributed by atoms with Crippen molar-refractivity contribution in [3.8, 4) is 0 Å². The van der Waals surface area contributed by atoms with E-state index < -0.39 is 12.0 Å². The Morgan fingerprint density at radius 1 is 1.31 bits per heavy atom. The van der Waals surface area contributed by atoms with Gasteiger partial charge in [-0.15, -0.1) is 0 Å². The van der Waals surface area contributed by atoms with Gasteiger partial charge in [-0.25, -0.2) is 0 Å². The Hall–Kier alpha value is -0.900. The highest BCUT2D eigenvalue weighted by atomic mass is 16.4. The van der Waals surface area contributed by atoms with Crippen molar-refractivity contribution in [3.05, 3.63) is 0 Å². The van der Waals surface area contributed by atoms with E-state index in [4.69, 9.17) is 5.11 Å². The molecule has 0 spiro atoms. The number of fused-ring (bicyclic) bond motifs is 1. The van der Waals surface area contributed by atoms with Crippen molar-refractivity contribution in [2.45, 2.75) is 38.1 Å². The van der Waals surface area contributed by atoms with E-state index in [0.717, 1.165) is 19.4 Å². The van der Waals surface area contributed by atoms with Crippen molar-refractivity contribution in [2.75, 3.05) is 13.1 Å². The van der Waals surface area contributed by atoms with E-state index in [2.05, 4.69) is 0 Å². The summed E-state index contributed by atoms with van der Waals surface area (Å²) >= 11 is 0. The summed E-state index contributed by atoms with van der Waals surface area (Å²) in [6.45, 7) is 1.74. The molecule has 2 aliphatic rings. The summed E-state index contributed by atoms with van der Waals surface area (Å²) in [4.78, 5) is 23.6. The maximum Gasteiger partial charge on any atom is 0.321 e. The van der Waals surface area contributed by atoms with Crippen LogP contribution in [0.3, 0.4) is 0 Å². The number of carbonyl (C=O) groups is 2. The predicted molar refractivity (Wildman–Crippen MR) is 59.1 cm³/mol. The van der Waals surface area contributed by atoms with Crippen LogP contribution in [0.15, 0.2) is 0 Å². The lowest BCUT2D eigenvalue weighted by atomic mass is 9.82. The minimum absolute atomic E-state index is 0.120. The molecule has 0 aromatic carbocycles. The molecule has 0 bridgehead atoms. The van der Waals surface area contributed by atoms with E-state index in [1.807, 2.05) is 4.90 Å². The molecule has 0 aromatic rings. The molecule has 0 amide bonds. The molecule has 0 aromatic heterocycles. The molecule has 4 nitrogen and oxygen atoms in total. The second-order valence-corrected chi connectivity index (χ2v) is 5.01. The Kier molecular flexibility index (Phi) is 3.59. The SMILES string of the molecule is O=CCC(C(=O)O)N1C[C@H]2CCCC[C@H]2C1. The average molecular weight is 225 g/mol. The fourth-order valence-electron chi connectivity index (χ4n) is 3.19. The van der Waals surface area contributed by atoms with Gasteiger partial charge in [0.2, 0.25) is 0 Å². The Morgan fingerprint density at radius 3 is 2.31 bits per heavy atom. The summed E-state index contributed by atoms with van der Waals surface area (Å²) < 4.78 is 0. The van der Waals surface area contributed by atoms with E-state index in [0.29, 0.717) is 11.8 Å². The first-order valence-electron chi connectivity index (χ1n) is 6.13. The van der Waals surface area contributed by atoms with Crippen molar-refractivity contribution < 1.29 is 14.7 Å². The van der Waals surface area contributed by atoms with Crippen molar-refractivity contribution in [1.82, 2.24) is 4.90 Å². The van der Waals surface area contributed by atoms with Crippen LogP contribution in [-0.4, -0.2) is 41.4 Å². The van der Waals surface area contributed by atoms with Crippen LogP contribution in [0.2, 0.25) is 0 Å². The Bertz CT molecular complexity index is 265. The van der Waals surface area contributed by atoms with E-state index in [-0.39, 0.29) is 6.42 Å². The summed E-state index contributed by atoms with van der Waals surface area (Å²) in [6, 6.07) is -0.594. The van der Waals surface area contributed by atoms with Gasteiger partial charge in [-0.3, -0.25) is 9.69 Å². The van der Waals surface area contributed by atoms with Crippen LogP contribution in [0.25, 0.3) is 0 Å². The number of hydrogen-bond donors (Lipinski definition) is 1. The lowest BCUT2D eigenvalue weighted by molar-refractivity contribution is -0.144. The Balaban J connectivity index is 1.99. The third-order valence-corrected chi connectivity index (χ3v) is 4.05. The summed E-state index contributed by atoms with van der Waals surface area (Å²) in [7, 11) is 0. The Morgan fingerprint density at radius 2 is 1.88 bits per heavy atom. The lowest BCUT2D eigenvalue weighted by Crippen LogP contribution is -2.40. The van der Waals surface area contributed by atoms with Crippen LogP contribution in [0.4, 0.5) is 0 Å². The number of aldehydes is 1. The summed E-state index contributed by atoms with van der Waals surface area (Å²) in [5.41, 5.74) is 0. The van der Waals surface area contributed by atoms with Crippen LogP contribution in [0, 0.1) is 11.8 Å². The number of carboxylic acid groups (broad SMARTS) is 1. The zero-order chi connectivity index (χ0) is 11.5. The molecule has 1 saturated carbocycles. The monoisotopic (exact) mass is 225 g/mol. The minimum Gasteiger partial charge on any atom is -0.480 e. The van der Waals surface area contributed by atoms with Crippen LogP contribution < -0.4 is 0 Å². The fourth-order valence-corrected chi connectivity index (χ4v) is 3.19. The molecule has 90 valence electrons. The highest BCUT2D eigenvalue weighted by Gasteiger charge is 2.39. The van der Waals surface area contributed by atoms with E-state index >= 15 is 0 Å². The molecule has 4 heteroatoms. The van der Waals surface area contributed by atoms with Crippen molar-refractivity contribution in [3.63, 3.8) is 0 Å². The molecule has 2 rings (SSSR count). The zero-order valence-electron chi connectivity index (χ0n) is 9.47. The molecule has 2 fully saturated rings. The van der Waals surface area contributed by atoms with Gasteiger partial charge in [-0.2, -0.15) is 0 Å². The van der Waals surface area contributed by atoms with Crippen LogP contribution in [-0.2, 0) is 9.59 Å². The largest absolute Gasteiger partial charge is 0.480 e. The number of likely N-dealkylation sites (tertiary alicyclic amines) is 1. The molecule has 1 unspecified atom stereocenters. The predicted octanol–water partition coefficient (Wildman–Crippen LogP) is 1.15. The summed E-state index contributed by atoms with van der Waals surface area (Å²) in [5.74, 6) is 0.482. The Labute approximate surface area is 95.6 Å². The van der Waals surface area contributed by atoms with Gasteiger partial charge in [0.1, 0.15) is 12.3 Å². The first kappa shape index (κ1) is 11.6. The number of aliphatic carboxylic acids is 1. The molecular weight excluding hydrogens is 206 g/mol. The molecule has 1 aliphatic carbocycles. The molecule has 1 N–H and O–H groups in total. The number of hydrogen-bond acceptors (Lipinski definition) is 3. The van der Waals surface area contributed by atoms with E-state index in [9.17, 15) is 9.59 Å². The van der Waals surface area contributed by atoms with Gasteiger partial charge in [-0.05, 0) is 24.7 Å². The lowest BCUT2D eigenvalue weighted by Gasteiger charge is -2.23. The fraction of sp³-hybridized carbons (Fsp3) is 0.833. The molecular formula is C12H19NO3. The summed E-state index contributed by atoms with van der Waals surface area (Å²) in [5, 5.41) is 9.10. The zero-order valence-corrected chi connectivity index (χ0v) is 9.47. The van der Waals surface area contributed by atoms with Gasteiger partial charge >= 0.3 is 5.97 Å². The summed E-state index contributed by atoms with van der Waals surface area (Å²) in [6.07, 6.45) is 5.86. The maximum atomic E-state index is 11.1. The highest BCUT2D eigenvalue weighted by Crippen LogP contribution is 2.36. The van der Waals surface area contributed by atoms with Crippen LogP contribution in [0.1, 0.15) is 32.1 Å². The third-order valence-electron chi connectivity index (χ3n) is 4.05. The van der Waals surface area contributed by atoms with Crippen molar-refractivity contribution in [1.29, 1.82) is 0 Å². The van der Waals surface area contributed by atoms with Gasteiger partial charge < -0.3 is 9.90 Å². The molecule has 1 heterocycles. The molecule has 3 atom stereocenters. The minimum atomic E-state index is -0.856. The number of carbonyl (C=O) groups excluding carboxylic acids is 1. The normalized spacial score (nSPS) is 32.0. The van der Waals surface area contributed by atoms with E-state index in [1.165, 1.54) is 25.7 Å². The average Bonchev–Trinajstić information content (AvgIpc) is 2.68. The van der Waals surface area contributed by atoms with Crippen molar-refractivity contribution in [2.24, 2.45) is 11.8 Å². The number of rotatable bonds is 4. The molecule has 0 radical (unpaired) electrons. The second kappa shape index (κ2) is 4.95. The first-order chi connectivity index (χ1) is 7.72. The quantitative estimate of drug-likeness (QED) is 0.729. The standard InChI is InChI=1S/C12H19NO3/c14-6-5-11(12(15)16)13-7-9-3-1-2-4-10(9)8-13/h6,9-11H,1-5,7-8H2,(H,15,16)/t9-,10+,11?. The maximum absolute atomic E-state index is 11.1. The van der Waals surface area contributed by atoms with Gasteiger partial charge in [-0.1, -0.05) is 12.8 Å².